The van der Waals surface area contributed by atoms with Crippen LogP contribution in [0.2, 0.25) is 0 Å². The Morgan fingerprint density at radius 3 is 2.24 bits per heavy atom. The summed E-state index contributed by atoms with van der Waals surface area (Å²) < 4.78 is 0. The third kappa shape index (κ3) is 4.62. The molecule has 5 nitrogen and oxygen atoms in total. The van der Waals surface area contributed by atoms with Gasteiger partial charge in [0.05, 0.1) is 12.4 Å². The molecule has 0 spiro atoms. The number of aromatic nitrogens is 2. The van der Waals surface area contributed by atoms with Gasteiger partial charge in [0.1, 0.15) is 11.5 Å². The van der Waals surface area contributed by atoms with E-state index < -0.39 is 0 Å². The number of carbonyl (C=O) groups excluding carboxylic acids is 1. The number of anilines is 2. The Labute approximate surface area is 172 Å². The zero-order chi connectivity index (χ0) is 20.1. The van der Waals surface area contributed by atoms with E-state index in [-0.39, 0.29) is 5.91 Å². The number of nitrogens with zero attached hydrogens (tertiary/aromatic N) is 4. The van der Waals surface area contributed by atoms with E-state index >= 15 is 0 Å². The van der Waals surface area contributed by atoms with Gasteiger partial charge < -0.3 is 9.80 Å². The van der Waals surface area contributed by atoms with Crippen LogP contribution in [0.4, 0.5) is 11.5 Å². The maximum absolute atomic E-state index is 12.7. The summed E-state index contributed by atoms with van der Waals surface area (Å²) in [4.78, 5) is 25.4. The third-order valence-corrected chi connectivity index (χ3v) is 5.61. The van der Waals surface area contributed by atoms with Crippen molar-refractivity contribution in [3.05, 3.63) is 84.3 Å². The van der Waals surface area contributed by atoms with E-state index in [1.165, 1.54) is 5.56 Å². The van der Waals surface area contributed by atoms with Crippen molar-refractivity contribution in [2.24, 2.45) is 5.92 Å². The zero-order valence-electron chi connectivity index (χ0n) is 16.7. The molecule has 1 aliphatic heterocycles. The number of rotatable bonds is 5. The molecule has 148 valence electrons. The van der Waals surface area contributed by atoms with E-state index in [9.17, 15) is 4.79 Å². The SMILES string of the molecule is CN(C(=O)c1cnc(N2CCC(Cc3ccccc3)CC2)cn1)c1ccccc1. The lowest BCUT2D eigenvalue weighted by Gasteiger charge is -2.32. The van der Waals surface area contributed by atoms with Crippen LogP contribution in [-0.4, -0.2) is 36.0 Å². The lowest BCUT2D eigenvalue weighted by Crippen LogP contribution is -2.35. The van der Waals surface area contributed by atoms with Gasteiger partial charge in [0.25, 0.3) is 5.91 Å². The minimum atomic E-state index is -0.156. The zero-order valence-corrected chi connectivity index (χ0v) is 16.7. The van der Waals surface area contributed by atoms with Crippen LogP contribution in [0, 0.1) is 5.92 Å². The molecular weight excluding hydrogens is 360 g/mol. The maximum atomic E-state index is 12.7. The van der Waals surface area contributed by atoms with Gasteiger partial charge in [-0.15, -0.1) is 0 Å². The number of benzene rings is 2. The third-order valence-electron chi connectivity index (χ3n) is 5.61. The highest BCUT2D eigenvalue weighted by Crippen LogP contribution is 2.24. The van der Waals surface area contributed by atoms with E-state index in [0.717, 1.165) is 43.9 Å². The molecule has 0 unspecified atom stereocenters. The maximum Gasteiger partial charge on any atom is 0.278 e. The predicted molar refractivity (Wildman–Crippen MR) is 116 cm³/mol. The minimum absolute atomic E-state index is 0.156. The van der Waals surface area contributed by atoms with Crippen molar-refractivity contribution in [2.75, 3.05) is 29.9 Å². The molecule has 0 aliphatic carbocycles. The molecule has 1 saturated heterocycles. The molecule has 2 aromatic carbocycles. The van der Waals surface area contributed by atoms with Crippen molar-refractivity contribution >= 4 is 17.4 Å². The summed E-state index contributed by atoms with van der Waals surface area (Å²) >= 11 is 0. The van der Waals surface area contributed by atoms with Gasteiger partial charge in [0.15, 0.2) is 0 Å². The summed E-state index contributed by atoms with van der Waals surface area (Å²) in [6.07, 6.45) is 6.75. The molecular formula is C24H26N4O. The molecule has 3 aromatic rings. The molecule has 29 heavy (non-hydrogen) atoms. The molecule has 1 aromatic heterocycles. The Morgan fingerprint density at radius 2 is 1.62 bits per heavy atom. The average Bonchev–Trinajstić information content (AvgIpc) is 2.80. The number of carbonyl (C=O) groups is 1. The highest BCUT2D eigenvalue weighted by atomic mass is 16.2. The fourth-order valence-corrected chi connectivity index (χ4v) is 3.85. The Balaban J connectivity index is 1.34. The summed E-state index contributed by atoms with van der Waals surface area (Å²) in [5, 5.41) is 0. The summed E-state index contributed by atoms with van der Waals surface area (Å²) in [5.74, 6) is 1.40. The molecule has 2 heterocycles. The van der Waals surface area contributed by atoms with Gasteiger partial charge in [-0.25, -0.2) is 9.97 Å². The number of para-hydroxylation sites is 1. The second-order valence-electron chi connectivity index (χ2n) is 7.58. The van der Waals surface area contributed by atoms with Gasteiger partial charge in [0.2, 0.25) is 0 Å². The van der Waals surface area contributed by atoms with Gasteiger partial charge in [0, 0.05) is 25.8 Å². The summed E-state index contributed by atoms with van der Waals surface area (Å²) in [5.41, 5.74) is 2.61. The molecule has 1 amide bonds. The van der Waals surface area contributed by atoms with Gasteiger partial charge >= 0.3 is 0 Å². The van der Waals surface area contributed by atoms with E-state index in [1.54, 1.807) is 24.3 Å². The molecule has 4 rings (SSSR count). The smallest absolute Gasteiger partial charge is 0.278 e. The van der Waals surface area contributed by atoms with Crippen LogP contribution in [0.15, 0.2) is 73.1 Å². The van der Waals surface area contributed by atoms with Crippen LogP contribution in [0.25, 0.3) is 0 Å². The molecule has 0 radical (unpaired) electrons. The highest BCUT2D eigenvalue weighted by molar-refractivity contribution is 6.04. The molecule has 0 bridgehead atoms. The van der Waals surface area contributed by atoms with Crippen molar-refractivity contribution in [1.82, 2.24) is 9.97 Å². The van der Waals surface area contributed by atoms with Crippen LogP contribution in [0.5, 0.6) is 0 Å². The molecule has 1 aliphatic rings. The van der Waals surface area contributed by atoms with E-state index in [4.69, 9.17) is 0 Å². The van der Waals surface area contributed by atoms with Crippen molar-refractivity contribution in [2.45, 2.75) is 19.3 Å². The minimum Gasteiger partial charge on any atom is -0.355 e. The monoisotopic (exact) mass is 386 g/mol. The van der Waals surface area contributed by atoms with E-state index in [2.05, 4.69) is 45.2 Å². The van der Waals surface area contributed by atoms with Crippen LogP contribution >= 0.6 is 0 Å². The van der Waals surface area contributed by atoms with Gasteiger partial charge in [-0.05, 0) is 42.9 Å². The van der Waals surface area contributed by atoms with E-state index in [1.807, 2.05) is 30.3 Å². The summed E-state index contributed by atoms with van der Waals surface area (Å²) in [7, 11) is 1.75. The lowest BCUT2D eigenvalue weighted by molar-refractivity contribution is 0.0988. The van der Waals surface area contributed by atoms with Crippen LogP contribution in [0.3, 0.4) is 0 Å². The first-order valence-electron chi connectivity index (χ1n) is 10.1. The lowest BCUT2D eigenvalue weighted by atomic mass is 9.90. The first-order valence-corrected chi connectivity index (χ1v) is 10.1. The molecule has 0 saturated carbocycles. The quantitative estimate of drug-likeness (QED) is 0.659. The number of piperidine rings is 1. The first kappa shape index (κ1) is 19.1. The molecule has 1 fully saturated rings. The first-order chi connectivity index (χ1) is 14.2. The largest absolute Gasteiger partial charge is 0.355 e. The highest BCUT2D eigenvalue weighted by Gasteiger charge is 2.21. The fraction of sp³-hybridized carbons (Fsp3) is 0.292. The second-order valence-corrected chi connectivity index (χ2v) is 7.58. The van der Waals surface area contributed by atoms with Crippen molar-refractivity contribution in [3.8, 4) is 0 Å². The predicted octanol–water partition coefficient (Wildman–Crippen LogP) is 4.21. The number of hydrogen-bond donors (Lipinski definition) is 0. The molecule has 0 atom stereocenters. The van der Waals surface area contributed by atoms with Gasteiger partial charge in [-0.1, -0.05) is 48.5 Å². The van der Waals surface area contributed by atoms with Crippen LogP contribution in [-0.2, 0) is 6.42 Å². The standard InChI is InChI=1S/C24H26N4O/c1-27(21-10-6-3-7-11-21)24(29)22-17-26-23(18-25-22)28-14-12-20(13-15-28)16-19-8-4-2-5-9-19/h2-11,17-18,20H,12-16H2,1H3. The van der Waals surface area contributed by atoms with E-state index in [0.29, 0.717) is 11.6 Å². The second kappa shape index (κ2) is 8.86. The van der Waals surface area contributed by atoms with Gasteiger partial charge in [-0.3, -0.25) is 4.79 Å². The van der Waals surface area contributed by atoms with Crippen LogP contribution < -0.4 is 9.80 Å². The van der Waals surface area contributed by atoms with Crippen molar-refractivity contribution in [1.29, 1.82) is 0 Å². The Hall–Kier alpha value is -3.21. The Bertz CT molecular complexity index is 920. The molecule has 5 heteroatoms. The number of amides is 1. The average molecular weight is 386 g/mol. The summed E-state index contributed by atoms with van der Waals surface area (Å²) in [6, 6.07) is 20.3. The molecule has 0 N–H and O–H groups in total. The fourth-order valence-electron chi connectivity index (χ4n) is 3.85. The topological polar surface area (TPSA) is 49.3 Å². The Morgan fingerprint density at radius 1 is 0.966 bits per heavy atom. The van der Waals surface area contributed by atoms with Crippen LogP contribution in [0.1, 0.15) is 28.9 Å². The van der Waals surface area contributed by atoms with Crippen molar-refractivity contribution < 1.29 is 4.79 Å². The summed E-state index contributed by atoms with van der Waals surface area (Å²) in [6.45, 7) is 1.95. The number of hydrogen-bond acceptors (Lipinski definition) is 4. The Kier molecular flexibility index (Phi) is 5.84. The normalized spacial score (nSPS) is 14.6. The van der Waals surface area contributed by atoms with Gasteiger partial charge in [-0.2, -0.15) is 0 Å². The van der Waals surface area contributed by atoms with Crippen molar-refractivity contribution in [3.63, 3.8) is 0 Å².